The number of rotatable bonds is 3. The summed E-state index contributed by atoms with van der Waals surface area (Å²) >= 11 is 5.75. The Morgan fingerprint density at radius 3 is 2.35 bits per heavy atom. The topological polar surface area (TPSA) is 62.0 Å². The monoisotopic (exact) mass is 382 g/mol. The molecule has 2 heterocycles. The van der Waals surface area contributed by atoms with E-state index in [4.69, 9.17) is 11.6 Å². The Labute approximate surface area is 151 Å². The van der Waals surface area contributed by atoms with Gasteiger partial charge in [0.25, 0.3) is 5.56 Å². The van der Waals surface area contributed by atoms with Crippen molar-refractivity contribution < 1.29 is 18.0 Å². The number of hydrogen-bond acceptors (Lipinski definition) is 2. The highest BCUT2D eigenvalue weighted by Crippen LogP contribution is 2.31. The van der Waals surface area contributed by atoms with E-state index in [1.165, 1.54) is 18.2 Å². The summed E-state index contributed by atoms with van der Waals surface area (Å²) < 4.78 is 38.4. The van der Waals surface area contributed by atoms with Crippen molar-refractivity contribution >= 4 is 23.1 Å². The van der Waals surface area contributed by atoms with Crippen molar-refractivity contribution in [2.24, 2.45) is 0 Å². The quantitative estimate of drug-likeness (QED) is 0.849. The number of amides is 1. The molecule has 136 valence electrons. The van der Waals surface area contributed by atoms with Gasteiger partial charge in [0.05, 0.1) is 5.56 Å². The fraction of sp³-hybridized carbons (Fsp3) is 0.222. The number of benzene rings is 1. The number of carbonyl (C=O) groups excluding carboxylic acids is 1. The lowest BCUT2D eigenvalue weighted by Crippen LogP contribution is -2.23. The Kier molecular flexibility index (Phi) is 4.91. The number of aromatic amines is 1. The number of alkyl halides is 3. The van der Waals surface area contributed by atoms with Crippen molar-refractivity contribution in [3.05, 3.63) is 74.7 Å². The van der Waals surface area contributed by atoms with Gasteiger partial charge in [-0.3, -0.25) is 9.59 Å². The Bertz CT molecular complexity index is 917. The van der Waals surface area contributed by atoms with E-state index in [9.17, 15) is 22.8 Å². The molecule has 2 N–H and O–H groups in total. The molecule has 4 nitrogen and oxygen atoms in total. The van der Waals surface area contributed by atoms with Crippen molar-refractivity contribution in [2.75, 3.05) is 0 Å². The second-order valence-corrected chi connectivity index (χ2v) is 6.32. The van der Waals surface area contributed by atoms with Crippen molar-refractivity contribution in [3.8, 4) is 0 Å². The minimum absolute atomic E-state index is 0.00897. The molecule has 0 spiro atoms. The number of pyridine rings is 1. The normalized spacial score (nSPS) is 18.1. The van der Waals surface area contributed by atoms with E-state index in [1.54, 1.807) is 12.1 Å². The van der Waals surface area contributed by atoms with Gasteiger partial charge in [0.2, 0.25) is 5.91 Å². The summed E-state index contributed by atoms with van der Waals surface area (Å²) in [6, 6.07) is 7.34. The van der Waals surface area contributed by atoms with Crippen LogP contribution in [0.15, 0.2) is 47.3 Å². The van der Waals surface area contributed by atoms with Crippen molar-refractivity contribution in [2.45, 2.75) is 25.1 Å². The Morgan fingerprint density at radius 2 is 1.81 bits per heavy atom. The third kappa shape index (κ3) is 3.99. The lowest BCUT2D eigenvalue weighted by atomic mass is 9.98. The van der Waals surface area contributed by atoms with Crippen LogP contribution >= 0.6 is 11.6 Å². The molecule has 1 amide bonds. The van der Waals surface area contributed by atoms with Crippen LogP contribution in [0.1, 0.15) is 29.7 Å². The summed E-state index contributed by atoms with van der Waals surface area (Å²) in [4.78, 5) is 25.9. The fourth-order valence-corrected chi connectivity index (χ4v) is 2.87. The summed E-state index contributed by atoms with van der Waals surface area (Å²) in [5, 5.41) is 2.78. The van der Waals surface area contributed by atoms with Crippen molar-refractivity contribution in [1.29, 1.82) is 0 Å². The van der Waals surface area contributed by atoms with Gasteiger partial charge in [-0.25, -0.2) is 0 Å². The first-order valence-electron chi connectivity index (χ1n) is 7.82. The molecule has 1 atom stereocenters. The number of nitrogens with one attached hydrogen (secondary N) is 2. The highest BCUT2D eigenvalue weighted by molar-refractivity contribution is 6.30. The summed E-state index contributed by atoms with van der Waals surface area (Å²) in [5.41, 5.74) is 0.133. The zero-order valence-corrected chi connectivity index (χ0v) is 14.1. The number of carbonyl (C=O) groups is 1. The number of H-pyrrole nitrogens is 1. The molecule has 1 aliphatic heterocycles. The second kappa shape index (κ2) is 6.99. The molecule has 1 aliphatic rings. The highest BCUT2D eigenvalue weighted by atomic mass is 35.5. The van der Waals surface area contributed by atoms with Gasteiger partial charge in [0.15, 0.2) is 0 Å². The van der Waals surface area contributed by atoms with E-state index in [1.807, 2.05) is 0 Å². The number of aromatic nitrogens is 1. The van der Waals surface area contributed by atoms with Crippen LogP contribution in [0.3, 0.4) is 0 Å². The summed E-state index contributed by atoms with van der Waals surface area (Å²) in [6.07, 6.45) is -1.76. The zero-order valence-electron chi connectivity index (χ0n) is 13.4. The maximum absolute atomic E-state index is 12.8. The molecular formula is C18H14ClF3N2O2. The van der Waals surface area contributed by atoms with Gasteiger partial charge in [-0.05, 0) is 36.2 Å². The van der Waals surface area contributed by atoms with Crippen LogP contribution in [0.4, 0.5) is 13.2 Å². The smallest absolute Gasteiger partial charge is 0.350 e. The zero-order chi connectivity index (χ0) is 18.9. The predicted molar refractivity (Wildman–Crippen MR) is 91.8 cm³/mol. The van der Waals surface area contributed by atoms with Crippen LogP contribution in [-0.2, 0) is 11.0 Å². The number of halogens is 4. The van der Waals surface area contributed by atoms with Crippen LogP contribution in [-0.4, -0.2) is 16.9 Å². The van der Waals surface area contributed by atoms with Gasteiger partial charge in [0.1, 0.15) is 5.02 Å². The summed E-state index contributed by atoms with van der Waals surface area (Å²) in [7, 11) is 0. The molecule has 0 unspecified atom stereocenters. The first kappa shape index (κ1) is 18.3. The largest absolute Gasteiger partial charge is 0.416 e. The molecular weight excluding hydrogens is 369 g/mol. The van der Waals surface area contributed by atoms with Gasteiger partial charge in [-0.2, -0.15) is 13.2 Å². The van der Waals surface area contributed by atoms with Crippen LogP contribution in [0, 0.1) is 0 Å². The minimum Gasteiger partial charge on any atom is -0.350 e. The van der Waals surface area contributed by atoms with E-state index in [-0.39, 0.29) is 17.0 Å². The third-order valence-electron chi connectivity index (χ3n) is 4.07. The van der Waals surface area contributed by atoms with E-state index in [2.05, 4.69) is 10.3 Å². The van der Waals surface area contributed by atoms with E-state index in [0.29, 0.717) is 29.7 Å². The molecule has 3 rings (SSSR count). The Morgan fingerprint density at radius 1 is 1.12 bits per heavy atom. The fourth-order valence-electron chi connectivity index (χ4n) is 2.76. The van der Waals surface area contributed by atoms with Gasteiger partial charge >= 0.3 is 6.18 Å². The highest BCUT2D eigenvalue weighted by Gasteiger charge is 2.30. The third-order valence-corrected chi connectivity index (χ3v) is 4.37. The molecule has 1 fully saturated rings. The maximum Gasteiger partial charge on any atom is 0.416 e. The predicted octanol–water partition coefficient (Wildman–Crippen LogP) is 3.76. The van der Waals surface area contributed by atoms with Gasteiger partial charge < -0.3 is 10.3 Å². The molecule has 1 saturated heterocycles. The second-order valence-electron chi connectivity index (χ2n) is 5.92. The standard InChI is InChI=1S/C18H14ClF3N2O2/c19-14-6-7-15(24-17(14)26)13(9-12-5-8-16(25)23-12)10-1-3-11(4-2-10)18(20,21)22/h1-4,6-7,9,12H,5,8H2,(H,23,25)(H,24,26)/b13-9+/t12-/m1/s1. The molecule has 1 aromatic carbocycles. The molecule has 2 aromatic rings. The molecule has 8 heteroatoms. The average Bonchev–Trinajstić information content (AvgIpc) is 3.00. The maximum atomic E-state index is 12.8. The van der Waals surface area contributed by atoms with Gasteiger partial charge in [0, 0.05) is 23.7 Å². The van der Waals surface area contributed by atoms with Crippen molar-refractivity contribution in [1.82, 2.24) is 10.3 Å². The molecule has 0 radical (unpaired) electrons. The lowest BCUT2D eigenvalue weighted by molar-refractivity contribution is -0.137. The minimum atomic E-state index is -4.43. The lowest BCUT2D eigenvalue weighted by Gasteiger charge is -2.13. The molecule has 0 bridgehead atoms. The number of hydrogen-bond donors (Lipinski definition) is 2. The van der Waals surface area contributed by atoms with Crippen LogP contribution in [0.2, 0.25) is 5.02 Å². The molecule has 1 aromatic heterocycles. The van der Waals surface area contributed by atoms with Crippen LogP contribution < -0.4 is 10.9 Å². The van der Waals surface area contributed by atoms with E-state index < -0.39 is 17.3 Å². The molecule has 26 heavy (non-hydrogen) atoms. The summed E-state index contributed by atoms with van der Waals surface area (Å²) in [5.74, 6) is -0.0948. The van der Waals surface area contributed by atoms with E-state index in [0.717, 1.165) is 12.1 Å². The SMILES string of the molecule is O=C1CC[C@H](/C=C(\c2ccc(C(F)(F)F)cc2)c2ccc(Cl)c(=O)[nH]2)N1. The molecule has 0 saturated carbocycles. The van der Waals surface area contributed by atoms with Crippen LogP contribution in [0.5, 0.6) is 0 Å². The Balaban J connectivity index is 2.05. The van der Waals surface area contributed by atoms with Crippen molar-refractivity contribution in [3.63, 3.8) is 0 Å². The van der Waals surface area contributed by atoms with E-state index >= 15 is 0 Å². The van der Waals surface area contributed by atoms with Crippen LogP contribution in [0.25, 0.3) is 5.57 Å². The van der Waals surface area contributed by atoms with Gasteiger partial charge in [-0.1, -0.05) is 29.8 Å². The Hall–Kier alpha value is -2.54. The molecule has 0 aliphatic carbocycles. The average molecular weight is 383 g/mol. The first-order chi connectivity index (χ1) is 12.2. The summed E-state index contributed by atoms with van der Waals surface area (Å²) in [6.45, 7) is 0. The van der Waals surface area contributed by atoms with Gasteiger partial charge in [-0.15, -0.1) is 0 Å². The first-order valence-corrected chi connectivity index (χ1v) is 8.20.